The second-order valence-corrected chi connectivity index (χ2v) is 4.96. The number of aryl methyl sites for hydroxylation is 2. The van der Waals surface area contributed by atoms with Gasteiger partial charge in [0.05, 0.1) is 0 Å². The van der Waals surface area contributed by atoms with Crippen molar-refractivity contribution < 1.29 is 0 Å². The SMILES string of the molecule is CCCC(CC)CCc1cccc(C)c1C. The highest BCUT2D eigenvalue weighted by Crippen LogP contribution is 2.21. The summed E-state index contributed by atoms with van der Waals surface area (Å²) < 4.78 is 0. The summed E-state index contributed by atoms with van der Waals surface area (Å²) in [4.78, 5) is 0. The molecule has 0 heteroatoms. The Kier molecular flexibility index (Phi) is 5.59. The molecule has 0 saturated carbocycles. The molecule has 0 heterocycles. The van der Waals surface area contributed by atoms with Crippen LogP contribution in [0.4, 0.5) is 0 Å². The smallest absolute Gasteiger partial charge is 0.0274 e. The third-order valence-electron chi connectivity index (χ3n) is 3.81. The van der Waals surface area contributed by atoms with E-state index < -0.39 is 0 Å². The summed E-state index contributed by atoms with van der Waals surface area (Å²) >= 11 is 0. The van der Waals surface area contributed by atoms with Gasteiger partial charge in [-0.15, -0.1) is 0 Å². The van der Waals surface area contributed by atoms with Gasteiger partial charge in [-0.05, 0) is 49.3 Å². The lowest BCUT2D eigenvalue weighted by atomic mass is 9.91. The summed E-state index contributed by atoms with van der Waals surface area (Å²) in [5, 5.41) is 0. The van der Waals surface area contributed by atoms with E-state index in [9.17, 15) is 0 Å². The van der Waals surface area contributed by atoms with Crippen LogP contribution < -0.4 is 0 Å². The van der Waals surface area contributed by atoms with Crippen molar-refractivity contribution in [3.05, 3.63) is 34.9 Å². The van der Waals surface area contributed by atoms with E-state index in [2.05, 4.69) is 45.9 Å². The number of hydrogen-bond acceptors (Lipinski definition) is 0. The van der Waals surface area contributed by atoms with Gasteiger partial charge in [0.25, 0.3) is 0 Å². The van der Waals surface area contributed by atoms with Crippen LogP contribution in [0.1, 0.15) is 56.2 Å². The molecular weight excluding hydrogens is 192 g/mol. The van der Waals surface area contributed by atoms with E-state index in [1.54, 1.807) is 5.56 Å². The topological polar surface area (TPSA) is 0 Å². The van der Waals surface area contributed by atoms with Gasteiger partial charge in [-0.2, -0.15) is 0 Å². The highest BCUT2D eigenvalue weighted by Gasteiger charge is 2.07. The van der Waals surface area contributed by atoms with Gasteiger partial charge < -0.3 is 0 Å². The van der Waals surface area contributed by atoms with Gasteiger partial charge in [0, 0.05) is 0 Å². The van der Waals surface area contributed by atoms with Crippen LogP contribution in [0.5, 0.6) is 0 Å². The molecule has 0 aromatic heterocycles. The fourth-order valence-electron chi connectivity index (χ4n) is 2.40. The van der Waals surface area contributed by atoms with Gasteiger partial charge in [0.2, 0.25) is 0 Å². The second kappa shape index (κ2) is 6.73. The molecule has 16 heavy (non-hydrogen) atoms. The molecule has 1 rings (SSSR count). The van der Waals surface area contributed by atoms with Crippen LogP contribution in [0.2, 0.25) is 0 Å². The first-order chi connectivity index (χ1) is 7.69. The van der Waals surface area contributed by atoms with Crippen molar-refractivity contribution >= 4 is 0 Å². The maximum atomic E-state index is 2.32. The number of benzene rings is 1. The minimum atomic E-state index is 0.921. The molecule has 0 nitrogen and oxygen atoms in total. The zero-order chi connectivity index (χ0) is 12.0. The van der Waals surface area contributed by atoms with Gasteiger partial charge in [0.1, 0.15) is 0 Å². The van der Waals surface area contributed by atoms with Crippen LogP contribution in [0.3, 0.4) is 0 Å². The Hall–Kier alpha value is -0.780. The number of rotatable bonds is 6. The Morgan fingerprint density at radius 2 is 1.81 bits per heavy atom. The van der Waals surface area contributed by atoms with Gasteiger partial charge in [-0.25, -0.2) is 0 Å². The highest BCUT2D eigenvalue weighted by atomic mass is 14.1. The molecule has 1 atom stereocenters. The molecular formula is C16H26. The fraction of sp³-hybridized carbons (Fsp3) is 0.625. The zero-order valence-corrected chi connectivity index (χ0v) is 11.3. The molecule has 0 bridgehead atoms. The predicted molar refractivity (Wildman–Crippen MR) is 72.9 cm³/mol. The first kappa shape index (κ1) is 13.3. The molecule has 0 fully saturated rings. The molecule has 0 aliphatic rings. The summed E-state index contributed by atoms with van der Waals surface area (Å²) in [5.41, 5.74) is 4.48. The van der Waals surface area contributed by atoms with E-state index in [0.717, 1.165) is 5.92 Å². The Bertz CT molecular complexity index is 312. The summed E-state index contributed by atoms with van der Waals surface area (Å²) in [5.74, 6) is 0.921. The molecule has 0 aliphatic heterocycles. The van der Waals surface area contributed by atoms with Crippen molar-refractivity contribution in [2.24, 2.45) is 5.92 Å². The average Bonchev–Trinajstić information content (AvgIpc) is 2.29. The van der Waals surface area contributed by atoms with Crippen molar-refractivity contribution in [3.8, 4) is 0 Å². The van der Waals surface area contributed by atoms with E-state index in [1.807, 2.05) is 0 Å². The fourth-order valence-corrected chi connectivity index (χ4v) is 2.40. The third-order valence-corrected chi connectivity index (χ3v) is 3.81. The van der Waals surface area contributed by atoms with Crippen molar-refractivity contribution in [1.82, 2.24) is 0 Å². The molecule has 1 aromatic carbocycles. The quantitative estimate of drug-likeness (QED) is 0.626. The first-order valence-corrected chi connectivity index (χ1v) is 6.74. The number of hydrogen-bond donors (Lipinski definition) is 0. The van der Waals surface area contributed by atoms with Crippen LogP contribution in [-0.2, 0) is 6.42 Å². The zero-order valence-electron chi connectivity index (χ0n) is 11.3. The normalized spacial score (nSPS) is 12.8. The minimum Gasteiger partial charge on any atom is -0.0654 e. The van der Waals surface area contributed by atoms with Crippen molar-refractivity contribution in [2.45, 2.75) is 59.8 Å². The van der Waals surface area contributed by atoms with E-state index in [1.165, 1.54) is 43.2 Å². The monoisotopic (exact) mass is 218 g/mol. The largest absolute Gasteiger partial charge is 0.0654 e. The molecule has 0 spiro atoms. The maximum absolute atomic E-state index is 2.32. The van der Waals surface area contributed by atoms with Crippen LogP contribution in [0.15, 0.2) is 18.2 Å². The van der Waals surface area contributed by atoms with Gasteiger partial charge in [-0.3, -0.25) is 0 Å². The molecule has 0 aliphatic carbocycles. The first-order valence-electron chi connectivity index (χ1n) is 6.74. The lowest BCUT2D eigenvalue weighted by Crippen LogP contribution is -2.02. The van der Waals surface area contributed by atoms with Gasteiger partial charge in [-0.1, -0.05) is 51.3 Å². The van der Waals surface area contributed by atoms with Gasteiger partial charge >= 0.3 is 0 Å². The highest BCUT2D eigenvalue weighted by molar-refractivity contribution is 5.33. The van der Waals surface area contributed by atoms with E-state index >= 15 is 0 Å². The molecule has 0 saturated heterocycles. The Labute approximate surface area is 101 Å². The van der Waals surface area contributed by atoms with Gasteiger partial charge in [0.15, 0.2) is 0 Å². The summed E-state index contributed by atoms with van der Waals surface area (Å²) in [6, 6.07) is 6.70. The van der Waals surface area contributed by atoms with Crippen LogP contribution in [0, 0.1) is 19.8 Å². The second-order valence-electron chi connectivity index (χ2n) is 4.96. The Morgan fingerprint density at radius 1 is 1.06 bits per heavy atom. The standard InChI is InChI=1S/C16H26/c1-5-8-15(6-2)11-12-16-10-7-9-13(3)14(16)4/h7,9-10,15H,5-6,8,11-12H2,1-4H3. The van der Waals surface area contributed by atoms with Crippen molar-refractivity contribution in [3.63, 3.8) is 0 Å². The lowest BCUT2D eigenvalue weighted by molar-refractivity contribution is 0.432. The molecule has 1 unspecified atom stereocenters. The van der Waals surface area contributed by atoms with Crippen LogP contribution in [0.25, 0.3) is 0 Å². The average molecular weight is 218 g/mol. The van der Waals surface area contributed by atoms with Crippen molar-refractivity contribution in [1.29, 1.82) is 0 Å². The molecule has 0 amide bonds. The maximum Gasteiger partial charge on any atom is -0.0274 e. The minimum absolute atomic E-state index is 0.921. The van der Waals surface area contributed by atoms with Crippen LogP contribution >= 0.6 is 0 Å². The van der Waals surface area contributed by atoms with Crippen LogP contribution in [-0.4, -0.2) is 0 Å². The predicted octanol–water partition coefficient (Wildman–Crippen LogP) is 5.06. The van der Waals surface area contributed by atoms with E-state index in [4.69, 9.17) is 0 Å². The lowest BCUT2D eigenvalue weighted by Gasteiger charge is -2.15. The molecule has 1 aromatic rings. The molecule has 0 radical (unpaired) electrons. The third kappa shape index (κ3) is 3.66. The molecule has 90 valence electrons. The molecule has 0 N–H and O–H groups in total. The summed E-state index contributed by atoms with van der Waals surface area (Å²) in [6.07, 6.45) is 6.66. The Balaban J connectivity index is 2.56. The van der Waals surface area contributed by atoms with Crippen molar-refractivity contribution in [2.75, 3.05) is 0 Å². The van der Waals surface area contributed by atoms with E-state index in [-0.39, 0.29) is 0 Å². The summed E-state index contributed by atoms with van der Waals surface area (Å²) in [7, 11) is 0. The summed E-state index contributed by atoms with van der Waals surface area (Å²) in [6.45, 7) is 9.08. The Morgan fingerprint density at radius 3 is 2.44 bits per heavy atom. The van der Waals surface area contributed by atoms with E-state index in [0.29, 0.717) is 0 Å².